The lowest BCUT2D eigenvalue weighted by atomic mass is 9.76. The number of hydrogen-bond acceptors (Lipinski definition) is 3. The van der Waals surface area contributed by atoms with Gasteiger partial charge in [0.05, 0.1) is 0 Å². The average molecular weight is 338 g/mol. The number of rotatable bonds is 8. The van der Waals surface area contributed by atoms with Gasteiger partial charge in [-0.3, -0.25) is 0 Å². The third kappa shape index (κ3) is 4.56. The number of hydrogen-bond donors (Lipinski definition) is 3. The molecule has 3 heteroatoms. The van der Waals surface area contributed by atoms with Crippen LogP contribution in [0.2, 0.25) is 0 Å². The van der Waals surface area contributed by atoms with E-state index in [2.05, 4.69) is 54.8 Å². The summed E-state index contributed by atoms with van der Waals surface area (Å²) in [5, 5.41) is 16.7. The number of allylic oxidation sites excluding steroid dienone is 1. The van der Waals surface area contributed by atoms with E-state index in [1.54, 1.807) is 6.07 Å². The van der Waals surface area contributed by atoms with Gasteiger partial charge in [0.25, 0.3) is 0 Å². The molecule has 0 aliphatic heterocycles. The maximum atomic E-state index is 10.2. The topological polar surface area (TPSA) is 44.3 Å². The molecule has 134 valence electrons. The lowest BCUT2D eigenvalue weighted by Crippen LogP contribution is -2.21. The van der Waals surface area contributed by atoms with Crippen LogP contribution < -0.4 is 10.6 Å². The van der Waals surface area contributed by atoms with Crippen LogP contribution in [0.4, 0.5) is 11.4 Å². The average Bonchev–Trinajstić information content (AvgIpc) is 2.63. The molecule has 1 unspecified atom stereocenters. The van der Waals surface area contributed by atoms with Gasteiger partial charge in [0, 0.05) is 36.6 Å². The Morgan fingerprint density at radius 1 is 1.12 bits per heavy atom. The van der Waals surface area contributed by atoms with E-state index in [9.17, 15) is 5.11 Å². The number of para-hydroxylation sites is 1. The molecule has 0 amide bonds. The minimum Gasteiger partial charge on any atom is -0.507 e. The fraction of sp³-hybridized carbons (Fsp3) is 0.364. The first-order valence-electron chi connectivity index (χ1n) is 9.04. The van der Waals surface area contributed by atoms with E-state index in [1.807, 2.05) is 32.2 Å². The van der Waals surface area contributed by atoms with Crippen LogP contribution in [-0.2, 0) is 5.41 Å². The molecule has 0 aliphatic rings. The summed E-state index contributed by atoms with van der Waals surface area (Å²) in [5.41, 5.74) is 4.35. The summed E-state index contributed by atoms with van der Waals surface area (Å²) in [7, 11) is 1.97. The number of phenolic OH excluding ortho intramolecular Hbond substituents is 1. The molecule has 0 saturated heterocycles. The first-order valence-corrected chi connectivity index (χ1v) is 9.04. The predicted molar refractivity (Wildman–Crippen MR) is 110 cm³/mol. The summed E-state index contributed by atoms with van der Waals surface area (Å²) in [5.74, 6) is 0.309. The summed E-state index contributed by atoms with van der Waals surface area (Å²) in [4.78, 5) is 0. The van der Waals surface area contributed by atoms with Crippen LogP contribution in [0.1, 0.15) is 44.7 Å². The molecule has 0 bridgehead atoms. The van der Waals surface area contributed by atoms with E-state index >= 15 is 0 Å². The highest BCUT2D eigenvalue weighted by molar-refractivity contribution is 5.63. The minimum absolute atomic E-state index is 0.0510. The van der Waals surface area contributed by atoms with Crippen LogP contribution in [0, 0.1) is 0 Å². The molecule has 0 saturated carbocycles. The smallest absolute Gasteiger partial charge is 0.124 e. The molecule has 0 aromatic heterocycles. The SMILES string of the molecule is CCNc1ccc(/C=C/CC(C)(CC)c2ccccc2NC)c(O)c1. The molecule has 0 spiro atoms. The summed E-state index contributed by atoms with van der Waals surface area (Å²) < 4.78 is 0. The molecular formula is C22H30N2O. The van der Waals surface area contributed by atoms with Crippen molar-refractivity contribution in [1.29, 1.82) is 0 Å². The maximum absolute atomic E-state index is 10.2. The zero-order chi connectivity index (χ0) is 18.3. The molecule has 2 rings (SSSR count). The molecule has 3 N–H and O–H groups in total. The Hall–Kier alpha value is -2.42. The molecule has 3 nitrogen and oxygen atoms in total. The standard InChI is InChI=1S/C22H30N2O/c1-5-22(3,19-11-7-8-12-20(19)23-4)15-9-10-17-13-14-18(24-6-2)16-21(17)25/h7-14,16,23-25H,5-6,15H2,1-4H3/b10-9+. The van der Waals surface area contributed by atoms with Crippen molar-refractivity contribution in [1.82, 2.24) is 0 Å². The normalized spacial score (nSPS) is 13.6. The molecule has 1 atom stereocenters. The van der Waals surface area contributed by atoms with Gasteiger partial charge in [-0.25, -0.2) is 0 Å². The number of benzene rings is 2. The second-order valence-corrected chi connectivity index (χ2v) is 6.62. The van der Waals surface area contributed by atoms with Crippen LogP contribution in [-0.4, -0.2) is 18.7 Å². The zero-order valence-corrected chi connectivity index (χ0v) is 15.8. The molecular weight excluding hydrogens is 308 g/mol. The van der Waals surface area contributed by atoms with Gasteiger partial charge in [0.15, 0.2) is 0 Å². The minimum atomic E-state index is 0.0510. The van der Waals surface area contributed by atoms with Crippen LogP contribution in [0.3, 0.4) is 0 Å². The molecule has 0 heterocycles. The fourth-order valence-corrected chi connectivity index (χ4v) is 3.12. The first-order chi connectivity index (χ1) is 12.0. The second kappa shape index (κ2) is 8.61. The van der Waals surface area contributed by atoms with Crippen molar-refractivity contribution >= 4 is 17.5 Å². The summed E-state index contributed by atoms with van der Waals surface area (Å²) in [6.07, 6.45) is 6.14. The highest BCUT2D eigenvalue weighted by Gasteiger charge is 2.25. The Morgan fingerprint density at radius 2 is 1.88 bits per heavy atom. The Kier molecular flexibility index (Phi) is 6.51. The zero-order valence-electron chi connectivity index (χ0n) is 15.8. The lowest BCUT2D eigenvalue weighted by molar-refractivity contribution is 0.462. The molecule has 0 radical (unpaired) electrons. The second-order valence-electron chi connectivity index (χ2n) is 6.62. The summed E-state index contributed by atoms with van der Waals surface area (Å²) in [6.45, 7) is 7.40. The van der Waals surface area contributed by atoms with E-state index < -0.39 is 0 Å². The summed E-state index contributed by atoms with van der Waals surface area (Å²) in [6, 6.07) is 14.2. The van der Waals surface area contributed by atoms with E-state index in [0.717, 1.165) is 30.6 Å². The first kappa shape index (κ1) is 18.9. The van der Waals surface area contributed by atoms with E-state index in [0.29, 0.717) is 5.75 Å². The summed E-state index contributed by atoms with van der Waals surface area (Å²) >= 11 is 0. The Morgan fingerprint density at radius 3 is 2.52 bits per heavy atom. The van der Waals surface area contributed by atoms with E-state index in [1.165, 1.54) is 11.3 Å². The van der Waals surface area contributed by atoms with E-state index in [-0.39, 0.29) is 5.41 Å². The van der Waals surface area contributed by atoms with Gasteiger partial charge in [-0.1, -0.05) is 44.2 Å². The van der Waals surface area contributed by atoms with Crippen molar-refractivity contribution < 1.29 is 5.11 Å². The molecule has 0 aliphatic carbocycles. The monoisotopic (exact) mass is 338 g/mol. The van der Waals surface area contributed by atoms with Gasteiger partial charge < -0.3 is 15.7 Å². The van der Waals surface area contributed by atoms with Crippen molar-refractivity contribution in [3.63, 3.8) is 0 Å². The third-order valence-corrected chi connectivity index (χ3v) is 4.90. The van der Waals surface area contributed by atoms with Crippen molar-refractivity contribution in [2.75, 3.05) is 24.2 Å². The Balaban J connectivity index is 2.18. The van der Waals surface area contributed by atoms with Gasteiger partial charge in [-0.15, -0.1) is 0 Å². The molecule has 25 heavy (non-hydrogen) atoms. The molecule has 0 fully saturated rings. The van der Waals surface area contributed by atoms with Gasteiger partial charge in [0.1, 0.15) is 5.75 Å². The maximum Gasteiger partial charge on any atom is 0.124 e. The van der Waals surface area contributed by atoms with Gasteiger partial charge in [-0.05, 0) is 48.9 Å². The largest absolute Gasteiger partial charge is 0.507 e. The van der Waals surface area contributed by atoms with Crippen LogP contribution >= 0.6 is 0 Å². The van der Waals surface area contributed by atoms with Crippen molar-refractivity contribution in [2.45, 2.75) is 39.0 Å². The number of phenols is 1. The highest BCUT2D eigenvalue weighted by Crippen LogP contribution is 2.36. The van der Waals surface area contributed by atoms with Crippen molar-refractivity contribution in [3.05, 3.63) is 59.7 Å². The number of nitrogens with one attached hydrogen (secondary N) is 2. The number of aromatic hydroxyl groups is 1. The Labute approximate surface area is 151 Å². The molecule has 2 aromatic rings. The van der Waals surface area contributed by atoms with Crippen LogP contribution in [0.25, 0.3) is 6.08 Å². The van der Waals surface area contributed by atoms with Crippen LogP contribution in [0.15, 0.2) is 48.5 Å². The van der Waals surface area contributed by atoms with Gasteiger partial charge in [0.2, 0.25) is 0 Å². The van der Waals surface area contributed by atoms with Crippen molar-refractivity contribution in [3.8, 4) is 5.75 Å². The lowest BCUT2D eigenvalue weighted by Gasteiger charge is -2.30. The van der Waals surface area contributed by atoms with Crippen molar-refractivity contribution in [2.24, 2.45) is 0 Å². The number of anilines is 2. The third-order valence-electron chi connectivity index (χ3n) is 4.90. The molecule has 2 aromatic carbocycles. The Bertz CT molecular complexity index is 724. The van der Waals surface area contributed by atoms with Crippen LogP contribution in [0.5, 0.6) is 5.75 Å². The fourth-order valence-electron chi connectivity index (χ4n) is 3.12. The van der Waals surface area contributed by atoms with E-state index in [4.69, 9.17) is 0 Å². The predicted octanol–water partition coefficient (Wildman–Crippen LogP) is 5.64. The van der Waals surface area contributed by atoms with Gasteiger partial charge >= 0.3 is 0 Å². The van der Waals surface area contributed by atoms with Gasteiger partial charge in [-0.2, -0.15) is 0 Å². The highest BCUT2D eigenvalue weighted by atomic mass is 16.3. The quantitative estimate of drug-likeness (QED) is 0.584.